The van der Waals surface area contributed by atoms with Gasteiger partial charge < -0.3 is 5.11 Å². The number of carboxylic acid groups (broad SMARTS) is 1. The number of hydrogen-bond donors (Lipinski definition) is 1. The Bertz CT molecular complexity index is 369. The summed E-state index contributed by atoms with van der Waals surface area (Å²) in [6, 6.07) is 0. The number of hydrogen-bond acceptors (Lipinski definition) is 4. The number of thiazole rings is 1. The third kappa shape index (κ3) is 2.34. The minimum Gasteiger partial charge on any atom is -0.476 e. The summed E-state index contributed by atoms with van der Waals surface area (Å²) >= 11 is 3.44. The van der Waals surface area contributed by atoms with E-state index in [1.54, 1.807) is 0 Å². The summed E-state index contributed by atoms with van der Waals surface area (Å²) in [7, 11) is 0. The van der Waals surface area contributed by atoms with Crippen LogP contribution in [0.2, 0.25) is 0 Å². The molecule has 1 unspecified atom stereocenters. The molecular weight excluding hydrogens is 230 g/mol. The van der Waals surface area contributed by atoms with Crippen LogP contribution in [0.5, 0.6) is 0 Å². The number of carboxylic acids is 1. The molecule has 0 spiro atoms. The molecule has 1 atom stereocenters. The van der Waals surface area contributed by atoms with Gasteiger partial charge in [0.25, 0.3) is 0 Å². The Morgan fingerprint density at radius 1 is 1.53 bits per heavy atom. The summed E-state index contributed by atoms with van der Waals surface area (Å²) in [5, 5.41) is 10.3. The van der Waals surface area contributed by atoms with Crippen LogP contribution in [0, 0.1) is 6.92 Å². The topological polar surface area (TPSA) is 50.2 Å². The minimum atomic E-state index is -0.907. The highest BCUT2D eigenvalue weighted by molar-refractivity contribution is 7.99. The summed E-state index contributed by atoms with van der Waals surface area (Å²) in [5.74, 6) is 0.266. The van der Waals surface area contributed by atoms with Crippen molar-refractivity contribution in [1.82, 2.24) is 4.98 Å². The zero-order valence-corrected chi connectivity index (χ0v) is 10.2. The number of aromatic carboxylic acids is 1. The van der Waals surface area contributed by atoms with E-state index in [4.69, 9.17) is 5.11 Å². The van der Waals surface area contributed by atoms with E-state index in [1.165, 1.54) is 29.9 Å². The van der Waals surface area contributed by atoms with Crippen LogP contribution in [0.4, 0.5) is 0 Å². The van der Waals surface area contributed by atoms with Crippen molar-refractivity contribution in [3.8, 4) is 0 Å². The third-order valence-corrected chi connectivity index (χ3v) is 5.09. The highest BCUT2D eigenvalue weighted by atomic mass is 32.2. The first-order valence-corrected chi connectivity index (χ1v) is 6.87. The molecule has 2 heterocycles. The molecular formula is C10H13NO2S2. The van der Waals surface area contributed by atoms with Gasteiger partial charge in [-0.2, -0.15) is 11.8 Å². The third-order valence-electron chi connectivity index (χ3n) is 2.47. The van der Waals surface area contributed by atoms with Gasteiger partial charge in [0.2, 0.25) is 0 Å². The second-order valence-electron chi connectivity index (χ2n) is 3.62. The predicted octanol–water partition coefficient (Wildman–Crippen LogP) is 3.11. The van der Waals surface area contributed by atoms with Crippen LogP contribution in [0.1, 0.15) is 44.9 Å². The number of rotatable bonds is 2. The van der Waals surface area contributed by atoms with Crippen molar-refractivity contribution >= 4 is 29.1 Å². The number of aromatic nitrogens is 1. The van der Waals surface area contributed by atoms with Gasteiger partial charge in [-0.1, -0.05) is 6.42 Å². The van der Waals surface area contributed by atoms with Crippen molar-refractivity contribution in [1.29, 1.82) is 0 Å². The van der Waals surface area contributed by atoms with Gasteiger partial charge in [-0.15, -0.1) is 11.3 Å². The molecule has 3 nitrogen and oxygen atoms in total. The van der Waals surface area contributed by atoms with Gasteiger partial charge in [0.15, 0.2) is 5.69 Å². The van der Waals surface area contributed by atoms with Gasteiger partial charge in [0.05, 0.1) is 5.25 Å². The second-order valence-corrected chi connectivity index (χ2v) is 6.16. The SMILES string of the molecule is Cc1sc(C2CCCCS2)nc1C(=O)O. The van der Waals surface area contributed by atoms with Gasteiger partial charge >= 0.3 is 5.97 Å². The van der Waals surface area contributed by atoms with Crippen molar-refractivity contribution in [3.63, 3.8) is 0 Å². The largest absolute Gasteiger partial charge is 0.476 e. The normalized spacial score (nSPS) is 21.5. The molecule has 0 radical (unpaired) electrons. The second kappa shape index (κ2) is 4.53. The molecule has 0 aliphatic carbocycles. The summed E-state index contributed by atoms with van der Waals surface area (Å²) in [6.45, 7) is 1.83. The van der Waals surface area contributed by atoms with Gasteiger partial charge in [-0.3, -0.25) is 0 Å². The molecule has 0 amide bonds. The summed E-state index contributed by atoms with van der Waals surface area (Å²) in [4.78, 5) is 15.9. The highest BCUT2D eigenvalue weighted by Crippen LogP contribution is 2.40. The van der Waals surface area contributed by atoms with Crippen LogP contribution in [0.3, 0.4) is 0 Å². The fraction of sp³-hybridized carbons (Fsp3) is 0.600. The Balaban J connectivity index is 2.21. The molecule has 1 aliphatic heterocycles. The van der Waals surface area contributed by atoms with E-state index in [9.17, 15) is 4.79 Å². The first kappa shape index (κ1) is 11.0. The smallest absolute Gasteiger partial charge is 0.355 e. The standard InChI is InChI=1S/C10H13NO2S2/c1-6-8(10(12)13)11-9(15-6)7-4-2-3-5-14-7/h7H,2-5H2,1H3,(H,12,13). The molecule has 2 rings (SSSR count). The van der Waals surface area contributed by atoms with Gasteiger partial charge in [0, 0.05) is 4.88 Å². The number of nitrogens with zero attached hydrogens (tertiary/aromatic N) is 1. The molecule has 1 saturated heterocycles. The monoisotopic (exact) mass is 243 g/mol. The molecule has 1 aromatic rings. The number of aryl methyl sites for hydroxylation is 1. The molecule has 1 aliphatic rings. The van der Waals surface area contributed by atoms with E-state index in [0.29, 0.717) is 5.25 Å². The minimum absolute atomic E-state index is 0.237. The van der Waals surface area contributed by atoms with E-state index >= 15 is 0 Å². The molecule has 0 aromatic carbocycles. The Morgan fingerprint density at radius 3 is 2.87 bits per heavy atom. The van der Waals surface area contributed by atoms with Gasteiger partial charge in [-0.25, -0.2) is 9.78 Å². The predicted molar refractivity (Wildman–Crippen MR) is 62.9 cm³/mol. The molecule has 0 saturated carbocycles. The fourth-order valence-electron chi connectivity index (χ4n) is 1.69. The average molecular weight is 243 g/mol. The van der Waals surface area contributed by atoms with Crippen LogP contribution < -0.4 is 0 Å². The van der Waals surface area contributed by atoms with Crippen LogP contribution in [0.15, 0.2) is 0 Å². The van der Waals surface area contributed by atoms with Gasteiger partial charge in [0.1, 0.15) is 5.01 Å². The Morgan fingerprint density at radius 2 is 2.33 bits per heavy atom. The Labute approximate surface area is 96.9 Å². The van der Waals surface area contributed by atoms with Crippen molar-refractivity contribution in [3.05, 3.63) is 15.6 Å². The van der Waals surface area contributed by atoms with E-state index in [1.807, 2.05) is 18.7 Å². The van der Waals surface area contributed by atoms with Crippen LogP contribution in [-0.4, -0.2) is 21.8 Å². The number of carbonyl (C=O) groups is 1. The lowest BCUT2D eigenvalue weighted by molar-refractivity contribution is 0.0690. The molecule has 1 fully saturated rings. The zero-order chi connectivity index (χ0) is 10.8. The lowest BCUT2D eigenvalue weighted by Gasteiger charge is -2.18. The quantitative estimate of drug-likeness (QED) is 0.867. The van der Waals surface area contributed by atoms with E-state index in [2.05, 4.69) is 4.98 Å². The van der Waals surface area contributed by atoms with Crippen molar-refractivity contribution in [2.45, 2.75) is 31.4 Å². The lowest BCUT2D eigenvalue weighted by Crippen LogP contribution is -2.03. The summed E-state index contributed by atoms with van der Waals surface area (Å²) < 4.78 is 0. The first-order chi connectivity index (χ1) is 7.18. The molecule has 1 aromatic heterocycles. The number of thioether (sulfide) groups is 1. The van der Waals surface area contributed by atoms with E-state index < -0.39 is 5.97 Å². The zero-order valence-electron chi connectivity index (χ0n) is 8.52. The maximum absolute atomic E-state index is 10.9. The van der Waals surface area contributed by atoms with E-state index in [-0.39, 0.29) is 5.69 Å². The molecule has 1 N–H and O–H groups in total. The highest BCUT2D eigenvalue weighted by Gasteiger charge is 2.22. The Hall–Kier alpha value is -0.550. The van der Waals surface area contributed by atoms with Gasteiger partial charge in [-0.05, 0) is 25.5 Å². The van der Waals surface area contributed by atoms with Crippen molar-refractivity contribution in [2.24, 2.45) is 0 Å². The molecule has 15 heavy (non-hydrogen) atoms. The molecule has 82 valence electrons. The van der Waals surface area contributed by atoms with Crippen molar-refractivity contribution < 1.29 is 9.90 Å². The maximum atomic E-state index is 10.9. The molecule has 5 heteroatoms. The maximum Gasteiger partial charge on any atom is 0.355 e. The average Bonchev–Trinajstić information content (AvgIpc) is 2.62. The van der Waals surface area contributed by atoms with Crippen LogP contribution >= 0.6 is 23.1 Å². The lowest BCUT2D eigenvalue weighted by atomic mass is 10.2. The molecule has 0 bridgehead atoms. The fourth-order valence-corrected chi connectivity index (χ4v) is 4.15. The Kier molecular flexibility index (Phi) is 3.31. The van der Waals surface area contributed by atoms with Crippen LogP contribution in [0.25, 0.3) is 0 Å². The van der Waals surface area contributed by atoms with Crippen molar-refractivity contribution in [2.75, 3.05) is 5.75 Å². The first-order valence-electron chi connectivity index (χ1n) is 5.00. The van der Waals surface area contributed by atoms with E-state index in [0.717, 1.165) is 16.3 Å². The summed E-state index contributed by atoms with van der Waals surface area (Å²) in [6.07, 6.45) is 3.65. The summed E-state index contributed by atoms with van der Waals surface area (Å²) in [5.41, 5.74) is 0.237. The van der Waals surface area contributed by atoms with Crippen LogP contribution in [-0.2, 0) is 0 Å².